The largest absolute Gasteiger partial charge is 0.396 e. The second-order valence-corrected chi connectivity index (χ2v) is 9.53. The number of aliphatic hydroxyl groups is 2. The predicted molar refractivity (Wildman–Crippen MR) is 122 cm³/mol. The summed E-state index contributed by atoms with van der Waals surface area (Å²) < 4.78 is 20.8. The van der Waals surface area contributed by atoms with E-state index in [2.05, 4.69) is 9.97 Å². The van der Waals surface area contributed by atoms with Gasteiger partial charge in [0.1, 0.15) is 36.4 Å². The molecule has 2 fully saturated rings. The Hall–Kier alpha value is -2.07. The van der Waals surface area contributed by atoms with Crippen molar-refractivity contribution < 1.29 is 24.4 Å². The summed E-state index contributed by atoms with van der Waals surface area (Å²) in [4.78, 5) is 8.73. The quantitative estimate of drug-likeness (QED) is 0.565. The maximum absolute atomic E-state index is 11.5. The van der Waals surface area contributed by atoms with E-state index in [1.165, 1.54) is 6.33 Å². The van der Waals surface area contributed by atoms with E-state index in [4.69, 9.17) is 25.8 Å². The molecule has 0 aliphatic carbocycles. The molecule has 0 saturated carbocycles. The van der Waals surface area contributed by atoms with Crippen molar-refractivity contribution in [1.82, 2.24) is 14.5 Å². The van der Waals surface area contributed by atoms with Gasteiger partial charge in [-0.05, 0) is 62.9 Å². The summed E-state index contributed by atoms with van der Waals surface area (Å²) in [5, 5.41) is 22.3. The van der Waals surface area contributed by atoms with Gasteiger partial charge in [-0.2, -0.15) is 0 Å². The van der Waals surface area contributed by atoms with Crippen LogP contribution in [0.2, 0.25) is 5.02 Å². The number of fused-ring (bicyclic) bond motifs is 2. The van der Waals surface area contributed by atoms with Crippen LogP contribution in [-0.2, 0) is 20.6 Å². The lowest BCUT2D eigenvalue weighted by molar-refractivity contribution is -0.207. The van der Waals surface area contributed by atoms with Crippen LogP contribution in [0, 0.1) is 6.92 Å². The zero-order chi connectivity index (χ0) is 23.3. The fraction of sp³-hybridized carbons (Fsp3) is 0.500. The van der Waals surface area contributed by atoms with Gasteiger partial charge in [-0.15, -0.1) is 0 Å². The Morgan fingerprint density at radius 1 is 1.18 bits per heavy atom. The lowest BCUT2D eigenvalue weighted by Crippen LogP contribution is -2.34. The van der Waals surface area contributed by atoms with Gasteiger partial charge in [0.25, 0.3) is 0 Å². The predicted octanol–water partition coefficient (Wildman–Crippen LogP) is 3.47. The number of aromatic nitrogens is 3. The highest BCUT2D eigenvalue weighted by atomic mass is 35.5. The Morgan fingerprint density at radius 3 is 2.76 bits per heavy atom. The molecule has 2 aliphatic rings. The molecule has 9 heteroatoms. The number of hydrogen-bond donors (Lipinski definition) is 2. The molecule has 4 heterocycles. The maximum atomic E-state index is 11.5. The van der Waals surface area contributed by atoms with E-state index in [0.29, 0.717) is 23.4 Å². The van der Waals surface area contributed by atoms with Gasteiger partial charge >= 0.3 is 0 Å². The summed E-state index contributed by atoms with van der Waals surface area (Å²) in [6.45, 7) is 5.72. The zero-order valence-corrected chi connectivity index (χ0v) is 19.6. The van der Waals surface area contributed by atoms with E-state index in [1.54, 1.807) is 6.07 Å². The number of benzene rings is 1. The normalized spacial score (nSPS) is 27.2. The van der Waals surface area contributed by atoms with E-state index in [0.717, 1.165) is 22.3 Å². The minimum atomic E-state index is -0.968. The molecule has 0 bridgehead atoms. The molecule has 3 aromatic rings. The van der Waals surface area contributed by atoms with Crippen molar-refractivity contribution >= 4 is 22.6 Å². The summed E-state index contributed by atoms with van der Waals surface area (Å²) in [6.07, 6.45) is 1.52. The van der Waals surface area contributed by atoms with E-state index in [1.807, 2.05) is 49.7 Å². The molecule has 2 N–H and O–H groups in total. The highest BCUT2D eigenvalue weighted by molar-refractivity contribution is 6.30. The molecule has 1 unspecified atom stereocenters. The summed E-state index contributed by atoms with van der Waals surface area (Å²) in [5.74, 6) is -0.817. The molecule has 0 amide bonds. The molecule has 176 valence electrons. The summed E-state index contributed by atoms with van der Waals surface area (Å²) in [6, 6.07) is 7.35. The Bertz CT molecular complexity index is 1170. The van der Waals surface area contributed by atoms with Crippen LogP contribution in [0.1, 0.15) is 49.4 Å². The first-order chi connectivity index (χ1) is 15.8. The first-order valence-electron chi connectivity index (χ1n) is 11.2. The molecule has 2 aliphatic heterocycles. The summed E-state index contributed by atoms with van der Waals surface area (Å²) in [5.41, 5.74) is 3.20. The molecule has 5 atom stereocenters. The van der Waals surface area contributed by atoms with Crippen molar-refractivity contribution in [1.29, 1.82) is 0 Å². The van der Waals surface area contributed by atoms with Crippen LogP contribution in [0.3, 0.4) is 0 Å². The smallest absolute Gasteiger partial charge is 0.164 e. The van der Waals surface area contributed by atoms with Gasteiger partial charge in [-0.1, -0.05) is 17.7 Å². The molecule has 33 heavy (non-hydrogen) atoms. The molecule has 5 rings (SSSR count). The molecule has 0 radical (unpaired) electrons. The van der Waals surface area contributed by atoms with Crippen molar-refractivity contribution in [2.75, 3.05) is 6.61 Å². The summed E-state index contributed by atoms with van der Waals surface area (Å²) in [7, 11) is 0. The second-order valence-electron chi connectivity index (χ2n) is 9.09. The molecular weight excluding hydrogens is 446 g/mol. The second kappa shape index (κ2) is 8.61. The van der Waals surface area contributed by atoms with Crippen LogP contribution in [0.15, 0.2) is 36.8 Å². The van der Waals surface area contributed by atoms with E-state index in [-0.39, 0.29) is 6.61 Å². The van der Waals surface area contributed by atoms with Crippen molar-refractivity contribution in [3.05, 3.63) is 58.6 Å². The van der Waals surface area contributed by atoms with Crippen LogP contribution >= 0.6 is 11.6 Å². The minimum absolute atomic E-state index is 0.0574. The molecule has 1 aromatic carbocycles. The highest BCUT2D eigenvalue weighted by Crippen LogP contribution is 2.47. The standard InChI is InChI=1S/C24H28ClN3O5/c1-13-16-8-9-28(22(16)27-12-26-13)23-21-20(32-24(2,3)33-21)19(31-23)18(30)17-7-6-15(25)11-14(17)5-4-10-29/h6-9,11-12,18-21,23,29-30H,4-5,10H2,1-3H3/t18?,19-,20-,21-,23-/m1/s1. The third-order valence-electron chi connectivity index (χ3n) is 6.39. The fourth-order valence-corrected chi connectivity index (χ4v) is 5.11. The van der Waals surface area contributed by atoms with E-state index < -0.39 is 36.4 Å². The Labute approximate surface area is 197 Å². The average molecular weight is 474 g/mol. The monoisotopic (exact) mass is 473 g/mol. The highest BCUT2D eigenvalue weighted by Gasteiger charge is 2.58. The lowest BCUT2D eigenvalue weighted by Gasteiger charge is -2.28. The first kappa shape index (κ1) is 22.7. The van der Waals surface area contributed by atoms with Crippen LogP contribution in [0.5, 0.6) is 0 Å². The lowest BCUT2D eigenvalue weighted by atomic mass is 9.93. The van der Waals surface area contributed by atoms with Crippen molar-refractivity contribution in [2.24, 2.45) is 0 Å². The van der Waals surface area contributed by atoms with Crippen LogP contribution in [-0.4, -0.2) is 55.5 Å². The van der Waals surface area contributed by atoms with Gasteiger partial charge in [-0.25, -0.2) is 9.97 Å². The molecular formula is C24H28ClN3O5. The van der Waals surface area contributed by atoms with Crippen molar-refractivity contribution in [2.45, 2.75) is 70.0 Å². The zero-order valence-electron chi connectivity index (χ0n) is 18.8. The SMILES string of the molecule is Cc1ncnc2c1ccn2[C@@H]1O[C@H](C(O)c2ccc(Cl)cc2CCCO)[C@H]2OC(C)(C)O[C@H]21. The molecule has 2 aromatic heterocycles. The molecule has 2 saturated heterocycles. The number of nitrogens with zero attached hydrogens (tertiary/aromatic N) is 3. The number of hydrogen-bond acceptors (Lipinski definition) is 7. The Morgan fingerprint density at radius 2 is 1.97 bits per heavy atom. The fourth-order valence-electron chi connectivity index (χ4n) is 4.91. The third kappa shape index (κ3) is 4.05. The van der Waals surface area contributed by atoms with Crippen LogP contribution in [0.25, 0.3) is 11.0 Å². The number of aliphatic hydroxyl groups excluding tert-OH is 2. The Kier molecular flexibility index (Phi) is 5.93. The van der Waals surface area contributed by atoms with E-state index in [9.17, 15) is 10.2 Å². The first-order valence-corrected chi connectivity index (χ1v) is 11.5. The number of halogens is 1. The average Bonchev–Trinajstić information content (AvgIpc) is 3.43. The molecule has 0 spiro atoms. The van der Waals surface area contributed by atoms with Crippen molar-refractivity contribution in [3.8, 4) is 0 Å². The van der Waals surface area contributed by atoms with Crippen LogP contribution in [0.4, 0.5) is 0 Å². The van der Waals surface area contributed by atoms with Crippen molar-refractivity contribution in [3.63, 3.8) is 0 Å². The topological polar surface area (TPSA) is 98.9 Å². The van der Waals surface area contributed by atoms with Crippen LogP contribution < -0.4 is 0 Å². The number of rotatable bonds is 6. The van der Waals surface area contributed by atoms with Gasteiger partial charge < -0.3 is 29.0 Å². The van der Waals surface area contributed by atoms with Gasteiger partial charge in [-0.3, -0.25) is 0 Å². The number of aryl methyl sites for hydroxylation is 2. The molecule has 8 nitrogen and oxygen atoms in total. The van der Waals surface area contributed by atoms with Gasteiger partial charge in [0.2, 0.25) is 0 Å². The Balaban J connectivity index is 1.52. The van der Waals surface area contributed by atoms with Gasteiger partial charge in [0.15, 0.2) is 12.0 Å². The van der Waals surface area contributed by atoms with Gasteiger partial charge in [0, 0.05) is 23.2 Å². The minimum Gasteiger partial charge on any atom is -0.396 e. The third-order valence-corrected chi connectivity index (χ3v) is 6.62. The van der Waals surface area contributed by atoms with E-state index >= 15 is 0 Å². The summed E-state index contributed by atoms with van der Waals surface area (Å²) >= 11 is 6.21. The maximum Gasteiger partial charge on any atom is 0.164 e. The van der Waals surface area contributed by atoms with Gasteiger partial charge in [0.05, 0.1) is 5.69 Å². The number of ether oxygens (including phenoxy) is 3.